The SMILES string of the molecule is CSCC1CCCN1C(=O)c1ccc(C(=O)O)cc1F. The molecule has 1 aliphatic rings. The van der Waals surface area contributed by atoms with E-state index in [1.54, 1.807) is 16.7 Å². The molecule has 1 amide bonds. The van der Waals surface area contributed by atoms with Crippen LogP contribution in [-0.2, 0) is 0 Å². The summed E-state index contributed by atoms with van der Waals surface area (Å²) in [7, 11) is 0. The fraction of sp³-hybridized carbons (Fsp3) is 0.429. The first-order chi connectivity index (χ1) is 9.54. The van der Waals surface area contributed by atoms with Crippen LogP contribution in [0.2, 0.25) is 0 Å². The fourth-order valence-corrected chi connectivity index (χ4v) is 3.18. The summed E-state index contributed by atoms with van der Waals surface area (Å²) in [6, 6.07) is 3.55. The minimum Gasteiger partial charge on any atom is -0.478 e. The van der Waals surface area contributed by atoms with Crippen molar-refractivity contribution in [2.24, 2.45) is 0 Å². The van der Waals surface area contributed by atoms with Crippen LogP contribution in [0.25, 0.3) is 0 Å². The van der Waals surface area contributed by atoms with Gasteiger partial charge in [-0.15, -0.1) is 0 Å². The number of aromatic carboxylic acids is 1. The number of nitrogens with zero attached hydrogens (tertiary/aromatic N) is 1. The highest BCUT2D eigenvalue weighted by Crippen LogP contribution is 2.23. The molecule has 20 heavy (non-hydrogen) atoms. The Morgan fingerprint density at radius 2 is 2.25 bits per heavy atom. The lowest BCUT2D eigenvalue weighted by Gasteiger charge is -2.24. The van der Waals surface area contributed by atoms with E-state index in [0.717, 1.165) is 24.7 Å². The van der Waals surface area contributed by atoms with Crippen LogP contribution in [-0.4, -0.2) is 46.5 Å². The summed E-state index contributed by atoms with van der Waals surface area (Å²) < 4.78 is 13.9. The minimum atomic E-state index is -1.20. The zero-order valence-electron chi connectivity index (χ0n) is 11.1. The molecule has 1 saturated heterocycles. The second kappa shape index (κ2) is 6.26. The van der Waals surface area contributed by atoms with Gasteiger partial charge in [0.1, 0.15) is 5.82 Å². The average molecular weight is 297 g/mol. The first-order valence-corrected chi connectivity index (χ1v) is 7.76. The van der Waals surface area contributed by atoms with Crippen LogP contribution < -0.4 is 0 Å². The summed E-state index contributed by atoms with van der Waals surface area (Å²) in [4.78, 5) is 24.8. The Labute approximate surface area is 121 Å². The monoisotopic (exact) mass is 297 g/mol. The van der Waals surface area contributed by atoms with Gasteiger partial charge in [-0.25, -0.2) is 9.18 Å². The number of rotatable bonds is 4. The molecule has 108 valence electrons. The molecular formula is C14H16FNO3S. The van der Waals surface area contributed by atoms with Crippen molar-refractivity contribution >= 4 is 23.6 Å². The number of amides is 1. The lowest BCUT2D eigenvalue weighted by molar-refractivity contribution is 0.0692. The lowest BCUT2D eigenvalue weighted by atomic mass is 10.1. The molecule has 1 unspecified atom stereocenters. The van der Waals surface area contributed by atoms with E-state index in [1.165, 1.54) is 12.1 Å². The van der Waals surface area contributed by atoms with Crippen LogP contribution in [0.15, 0.2) is 18.2 Å². The van der Waals surface area contributed by atoms with Crippen LogP contribution in [0.3, 0.4) is 0 Å². The van der Waals surface area contributed by atoms with Crippen molar-refractivity contribution in [2.75, 3.05) is 18.6 Å². The predicted octanol–water partition coefficient (Wildman–Crippen LogP) is 2.49. The minimum absolute atomic E-state index is 0.0528. The number of hydrogen-bond donors (Lipinski definition) is 1. The topological polar surface area (TPSA) is 57.6 Å². The third-order valence-electron chi connectivity index (χ3n) is 3.44. The highest BCUT2D eigenvalue weighted by atomic mass is 32.2. The molecule has 0 bridgehead atoms. The van der Waals surface area contributed by atoms with Crippen molar-refractivity contribution in [3.05, 3.63) is 35.1 Å². The Kier molecular flexibility index (Phi) is 4.65. The van der Waals surface area contributed by atoms with E-state index < -0.39 is 11.8 Å². The Balaban J connectivity index is 2.22. The van der Waals surface area contributed by atoms with Gasteiger partial charge in [0.25, 0.3) is 5.91 Å². The van der Waals surface area contributed by atoms with Crippen molar-refractivity contribution in [3.63, 3.8) is 0 Å². The maximum Gasteiger partial charge on any atom is 0.335 e. The van der Waals surface area contributed by atoms with E-state index in [0.29, 0.717) is 6.54 Å². The average Bonchev–Trinajstić information content (AvgIpc) is 2.86. The Hall–Kier alpha value is -1.56. The quantitative estimate of drug-likeness (QED) is 0.927. The van der Waals surface area contributed by atoms with Gasteiger partial charge in [-0.1, -0.05) is 0 Å². The van der Waals surface area contributed by atoms with Crippen LogP contribution in [0.1, 0.15) is 33.6 Å². The normalized spacial score (nSPS) is 18.3. The number of carboxylic acid groups (broad SMARTS) is 1. The maximum atomic E-state index is 13.9. The zero-order valence-corrected chi connectivity index (χ0v) is 12.0. The number of likely N-dealkylation sites (tertiary alicyclic amines) is 1. The molecular weight excluding hydrogens is 281 g/mol. The van der Waals surface area contributed by atoms with E-state index >= 15 is 0 Å². The van der Waals surface area contributed by atoms with Gasteiger partial charge in [0.2, 0.25) is 0 Å². The van der Waals surface area contributed by atoms with Crippen LogP contribution >= 0.6 is 11.8 Å². The van der Waals surface area contributed by atoms with Crippen LogP contribution in [0.4, 0.5) is 4.39 Å². The fourth-order valence-electron chi connectivity index (χ4n) is 2.45. The molecule has 6 heteroatoms. The second-order valence-corrected chi connectivity index (χ2v) is 5.66. The largest absolute Gasteiger partial charge is 0.478 e. The molecule has 0 saturated carbocycles. The molecule has 1 N–H and O–H groups in total. The number of carbonyl (C=O) groups excluding carboxylic acids is 1. The number of halogens is 1. The van der Waals surface area contributed by atoms with Crippen molar-refractivity contribution in [2.45, 2.75) is 18.9 Å². The highest BCUT2D eigenvalue weighted by Gasteiger charge is 2.30. The molecule has 0 aliphatic carbocycles. The van der Waals surface area contributed by atoms with Gasteiger partial charge >= 0.3 is 5.97 Å². The first-order valence-electron chi connectivity index (χ1n) is 6.37. The summed E-state index contributed by atoms with van der Waals surface area (Å²) in [5.74, 6) is -1.49. The number of hydrogen-bond acceptors (Lipinski definition) is 3. The van der Waals surface area contributed by atoms with Crippen molar-refractivity contribution in [3.8, 4) is 0 Å². The maximum absolute atomic E-state index is 13.9. The van der Waals surface area contributed by atoms with E-state index in [4.69, 9.17) is 5.11 Å². The van der Waals surface area contributed by atoms with Gasteiger partial charge in [-0.3, -0.25) is 4.79 Å². The molecule has 1 heterocycles. The van der Waals surface area contributed by atoms with Gasteiger partial charge in [0, 0.05) is 18.3 Å². The Bertz CT molecular complexity index is 535. The van der Waals surface area contributed by atoms with Gasteiger partial charge in [-0.05, 0) is 37.3 Å². The van der Waals surface area contributed by atoms with Gasteiger partial charge in [0.05, 0.1) is 11.1 Å². The number of thioether (sulfide) groups is 1. The summed E-state index contributed by atoms with van der Waals surface area (Å²) in [6.07, 6.45) is 3.83. The van der Waals surface area contributed by atoms with E-state index in [9.17, 15) is 14.0 Å². The summed E-state index contributed by atoms with van der Waals surface area (Å²) in [5.41, 5.74) is -0.205. The standard InChI is InChI=1S/C14H16FNO3S/c1-20-8-10-3-2-6-16(10)13(17)11-5-4-9(14(18)19)7-12(11)15/h4-5,7,10H,2-3,6,8H2,1H3,(H,18,19). The van der Waals surface area contributed by atoms with E-state index in [2.05, 4.69) is 0 Å². The molecule has 2 rings (SSSR count). The molecule has 0 aromatic heterocycles. The van der Waals surface area contributed by atoms with Gasteiger partial charge < -0.3 is 10.0 Å². The molecule has 1 aliphatic heterocycles. The first kappa shape index (κ1) is 14.8. The zero-order chi connectivity index (χ0) is 14.7. The summed E-state index contributed by atoms with van der Waals surface area (Å²) in [5, 5.41) is 8.80. The van der Waals surface area contributed by atoms with Crippen molar-refractivity contribution in [1.29, 1.82) is 0 Å². The van der Waals surface area contributed by atoms with Crippen LogP contribution in [0.5, 0.6) is 0 Å². The number of carboxylic acids is 1. The molecule has 0 spiro atoms. The van der Waals surface area contributed by atoms with Crippen molar-refractivity contribution < 1.29 is 19.1 Å². The summed E-state index contributed by atoms with van der Waals surface area (Å²) >= 11 is 1.66. The third-order valence-corrected chi connectivity index (χ3v) is 4.16. The Morgan fingerprint density at radius 3 is 2.85 bits per heavy atom. The summed E-state index contributed by atoms with van der Waals surface area (Å²) in [6.45, 7) is 0.629. The molecule has 1 aromatic rings. The molecule has 4 nitrogen and oxygen atoms in total. The van der Waals surface area contributed by atoms with Crippen molar-refractivity contribution in [1.82, 2.24) is 4.90 Å². The molecule has 1 atom stereocenters. The van der Waals surface area contributed by atoms with Crippen LogP contribution in [0, 0.1) is 5.82 Å². The second-order valence-electron chi connectivity index (χ2n) is 4.75. The predicted molar refractivity (Wildman–Crippen MR) is 75.8 cm³/mol. The molecule has 1 aromatic carbocycles. The van der Waals surface area contributed by atoms with E-state index in [-0.39, 0.29) is 23.1 Å². The smallest absolute Gasteiger partial charge is 0.335 e. The number of benzene rings is 1. The highest BCUT2D eigenvalue weighted by molar-refractivity contribution is 7.98. The van der Waals surface area contributed by atoms with E-state index in [1.807, 2.05) is 6.26 Å². The number of carbonyl (C=O) groups is 2. The molecule has 1 fully saturated rings. The van der Waals surface area contributed by atoms with Gasteiger partial charge in [-0.2, -0.15) is 11.8 Å². The third kappa shape index (κ3) is 2.95. The molecule has 0 radical (unpaired) electrons. The van der Waals surface area contributed by atoms with Gasteiger partial charge in [0.15, 0.2) is 0 Å². The lowest BCUT2D eigenvalue weighted by Crippen LogP contribution is -2.37. The Morgan fingerprint density at radius 1 is 1.50 bits per heavy atom.